The maximum absolute atomic E-state index is 5.58. The van der Waals surface area contributed by atoms with Crippen molar-refractivity contribution in [2.75, 3.05) is 43.1 Å². The lowest BCUT2D eigenvalue weighted by Gasteiger charge is -2.25. The summed E-state index contributed by atoms with van der Waals surface area (Å²) in [6, 6.07) is 16.4. The number of fused-ring (bicyclic) bond motifs is 1. The van der Waals surface area contributed by atoms with E-state index in [2.05, 4.69) is 56.1 Å². The Kier molecular flexibility index (Phi) is 5.16. The Hall–Kier alpha value is -3.61. The minimum atomic E-state index is 0.838. The van der Waals surface area contributed by atoms with E-state index in [0.717, 1.165) is 72.1 Å². The molecule has 0 bridgehead atoms. The summed E-state index contributed by atoms with van der Waals surface area (Å²) in [5.74, 6) is 1.87. The van der Waals surface area contributed by atoms with Gasteiger partial charge < -0.3 is 14.5 Å². The predicted octanol–water partition coefficient (Wildman–Crippen LogP) is 3.85. The molecule has 1 fully saturated rings. The fraction of sp³-hybridized carbons (Fsp3) is 0.292. The molecule has 4 aromatic rings. The molecule has 31 heavy (non-hydrogen) atoms. The van der Waals surface area contributed by atoms with Crippen molar-refractivity contribution >= 4 is 22.5 Å². The standard InChI is InChI=1S/C24H26N6O/c1-18-8-3-4-9-20(18)30-24-19(16-27-30)23(25-17-26-24)29-13-7-12-28(14-15-29)21-10-5-6-11-22(21)31-2/h3-6,8-11,16-17H,7,12-15H2,1-2H3. The van der Waals surface area contributed by atoms with E-state index >= 15 is 0 Å². The van der Waals surface area contributed by atoms with Gasteiger partial charge in [0.1, 0.15) is 17.9 Å². The first-order chi connectivity index (χ1) is 15.3. The van der Waals surface area contributed by atoms with Crippen LogP contribution in [0, 0.1) is 6.92 Å². The van der Waals surface area contributed by atoms with E-state index in [9.17, 15) is 0 Å². The average Bonchev–Trinajstić information content (AvgIpc) is 3.09. The quantitative estimate of drug-likeness (QED) is 0.506. The third-order valence-corrected chi connectivity index (χ3v) is 5.91. The zero-order chi connectivity index (χ0) is 21.2. The Labute approximate surface area is 181 Å². The van der Waals surface area contributed by atoms with Crippen LogP contribution in [0.25, 0.3) is 16.7 Å². The van der Waals surface area contributed by atoms with Crippen LogP contribution in [0.5, 0.6) is 5.75 Å². The molecule has 2 aromatic heterocycles. The van der Waals surface area contributed by atoms with Gasteiger partial charge in [0, 0.05) is 26.2 Å². The fourth-order valence-corrected chi connectivity index (χ4v) is 4.32. The van der Waals surface area contributed by atoms with Gasteiger partial charge in [-0.2, -0.15) is 5.10 Å². The lowest BCUT2D eigenvalue weighted by atomic mass is 10.2. The summed E-state index contributed by atoms with van der Waals surface area (Å²) in [6.07, 6.45) is 4.58. The Morgan fingerprint density at radius 2 is 1.58 bits per heavy atom. The summed E-state index contributed by atoms with van der Waals surface area (Å²) >= 11 is 0. The van der Waals surface area contributed by atoms with Crippen LogP contribution in [0.4, 0.5) is 11.5 Å². The van der Waals surface area contributed by atoms with Crippen LogP contribution in [0.2, 0.25) is 0 Å². The molecule has 7 heteroatoms. The molecule has 0 N–H and O–H groups in total. The smallest absolute Gasteiger partial charge is 0.168 e. The number of aryl methyl sites for hydroxylation is 1. The van der Waals surface area contributed by atoms with Gasteiger partial charge in [-0.05, 0) is 37.1 Å². The van der Waals surface area contributed by atoms with Crippen molar-refractivity contribution in [1.82, 2.24) is 19.7 Å². The first-order valence-electron chi connectivity index (χ1n) is 10.6. The number of para-hydroxylation sites is 3. The molecule has 158 valence electrons. The van der Waals surface area contributed by atoms with E-state index in [0.29, 0.717) is 0 Å². The first-order valence-corrected chi connectivity index (χ1v) is 10.6. The first kappa shape index (κ1) is 19.4. The van der Waals surface area contributed by atoms with E-state index in [4.69, 9.17) is 4.74 Å². The lowest BCUT2D eigenvalue weighted by molar-refractivity contribution is 0.414. The van der Waals surface area contributed by atoms with Gasteiger partial charge in [0.15, 0.2) is 5.65 Å². The highest BCUT2D eigenvalue weighted by Gasteiger charge is 2.21. The largest absolute Gasteiger partial charge is 0.495 e. The Morgan fingerprint density at radius 3 is 2.42 bits per heavy atom. The zero-order valence-electron chi connectivity index (χ0n) is 17.9. The maximum Gasteiger partial charge on any atom is 0.168 e. The van der Waals surface area contributed by atoms with E-state index in [1.165, 1.54) is 0 Å². The molecule has 5 rings (SSSR count). The molecule has 1 aliphatic rings. The highest BCUT2D eigenvalue weighted by molar-refractivity contribution is 5.87. The maximum atomic E-state index is 5.58. The Balaban J connectivity index is 1.45. The van der Waals surface area contributed by atoms with Gasteiger partial charge in [0.05, 0.1) is 30.1 Å². The summed E-state index contributed by atoms with van der Waals surface area (Å²) in [5.41, 5.74) is 4.19. The van der Waals surface area contributed by atoms with Crippen molar-refractivity contribution in [2.45, 2.75) is 13.3 Å². The summed E-state index contributed by atoms with van der Waals surface area (Å²) in [5, 5.41) is 5.63. The SMILES string of the molecule is COc1ccccc1N1CCCN(c2ncnc3c2cnn3-c2ccccc2C)CC1. The van der Waals surface area contributed by atoms with E-state index in [-0.39, 0.29) is 0 Å². The van der Waals surface area contributed by atoms with Gasteiger partial charge in [-0.3, -0.25) is 0 Å². The summed E-state index contributed by atoms with van der Waals surface area (Å²) < 4.78 is 7.49. The number of nitrogens with zero attached hydrogens (tertiary/aromatic N) is 6. The number of aromatic nitrogens is 4. The molecular weight excluding hydrogens is 388 g/mol. The van der Waals surface area contributed by atoms with Crippen LogP contribution in [0.3, 0.4) is 0 Å². The lowest BCUT2D eigenvalue weighted by Crippen LogP contribution is -2.31. The van der Waals surface area contributed by atoms with Crippen molar-refractivity contribution in [3.05, 3.63) is 66.6 Å². The minimum Gasteiger partial charge on any atom is -0.495 e. The number of benzene rings is 2. The second kappa shape index (κ2) is 8.26. The monoisotopic (exact) mass is 414 g/mol. The molecule has 1 saturated heterocycles. The molecule has 0 atom stereocenters. The number of rotatable bonds is 4. The summed E-state index contributed by atoms with van der Waals surface area (Å²) in [4.78, 5) is 14.0. The predicted molar refractivity (Wildman–Crippen MR) is 123 cm³/mol. The summed E-state index contributed by atoms with van der Waals surface area (Å²) in [7, 11) is 1.73. The Bertz CT molecular complexity index is 1200. The second-order valence-electron chi connectivity index (χ2n) is 7.78. The van der Waals surface area contributed by atoms with Crippen LogP contribution in [0.1, 0.15) is 12.0 Å². The zero-order valence-corrected chi connectivity index (χ0v) is 17.9. The number of anilines is 2. The molecule has 0 unspecified atom stereocenters. The van der Waals surface area contributed by atoms with Crippen LogP contribution in [0.15, 0.2) is 61.1 Å². The third-order valence-electron chi connectivity index (χ3n) is 5.91. The van der Waals surface area contributed by atoms with Gasteiger partial charge in [-0.25, -0.2) is 14.6 Å². The van der Waals surface area contributed by atoms with Crippen LogP contribution in [-0.4, -0.2) is 53.0 Å². The molecule has 2 aromatic carbocycles. The number of ether oxygens (including phenoxy) is 1. The highest BCUT2D eigenvalue weighted by Crippen LogP contribution is 2.30. The van der Waals surface area contributed by atoms with Crippen LogP contribution < -0.4 is 14.5 Å². The normalized spacial score (nSPS) is 14.6. The Morgan fingerprint density at radius 1 is 0.839 bits per heavy atom. The van der Waals surface area contributed by atoms with Gasteiger partial charge in [0.2, 0.25) is 0 Å². The van der Waals surface area contributed by atoms with Crippen molar-refractivity contribution in [3.8, 4) is 11.4 Å². The van der Waals surface area contributed by atoms with Crippen LogP contribution in [-0.2, 0) is 0 Å². The third kappa shape index (κ3) is 3.56. The van der Waals surface area contributed by atoms with Gasteiger partial charge in [-0.15, -0.1) is 0 Å². The minimum absolute atomic E-state index is 0.838. The molecule has 1 aliphatic heterocycles. The van der Waals surface area contributed by atoms with E-state index in [1.807, 2.05) is 35.1 Å². The average molecular weight is 415 g/mol. The highest BCUT2D eigenvalue weighted by atomic mass is 16.5. The van der Waals surface area contributed by atoms with Crippen molar-refractivity contribution in [2.24, 2.45) is 0 Å². The molecule has 0 amide bonds. The molecule has 0 aliphatic carbocycles. The van der Waals surface area contributed by atoms with E-state index < -0.39 is 0 Å². The number of hydrogen-bond acceptors (Lipinski definition) is 6. The second-order valence-corrected chi connectivity index (χ2v) is 7.78. The van der Waals surface area contributed by atoms with Gasteiger partial charge in [0.25, 0.3) is 0 Å². The molecular formula is C24H26N6O. The van der Waals surface area contributed by atoms with E-state index in [1.54, 1.807) is 13.4 Å². The molecule has 0 radical (unpaired) electrons. The molecule has 0 saturated carbocycles. The molecule has 0 spiro atoms. The van der Waals surface area contributed by atoms with Crippen molar-refractivity contribution in [1.29, 1.82) is 0 Å². The molecule has 3 heterocycles. The number of hydrogen-bond donors (Lipinski definition) is 0. The van der Waals surface area contributed by atoms with Gasteiger partial charge >= 0.3 is 0 Å². The van der Waals surface area contributed by atoms with Crippen LogP contribution >= 0.6 is 0 Å². The topological polar surface area (TPSA) is 59.3 Å². The summed E-state index contributed by atoms with van der Waals surface area (Å²) in [6.45, 7) is 5.78. The van der Waals surface area contributed by atoms with Crippen molar-refractivity contribution < 1.29 is 4.74 Å². The van der Waals surface area contributed by atoms with Gasteiger partial charge in [-0.1, -0.05) is 30.3 Å². The number of methoxy groups -OCH3 is 1. The van der Waals surface area contributed by atoms with Crippen molar-refractivity contribution in [3.63, 3.8) is 0 Å². The molecule has 7 nitrogen and oxygen atoms in total. The fourth-order valence-electron chi connectivity index (χ4n) is 4.32.